The fourth-order valence-corrected chi connectivity index (χ4v) is 2.23. The van der Waals surface area contributed by atoms with Crippen molar-refractivity contribution < 1.29 is 9.53 Å². The highest BCUT2D eigenvalue weighted by molar-refractivity contribution is 5.85. The molecule has 2 N–H and O–H groups in total. The maximum atomic E-state index is 11.8. The number of ether oxygens (including phenoxy) is 1. The molecule has 0 aliphatic rings. The first-order valence-electron chi connectivity index (χ1n) is 7.18. The van der Waals surface area contributed by atoms with E-state index in [9.17, 15) is 4.79 Å². The molecule has 1 amide bonds. The number of hydrogen-bond donors (Lipinski definition) is 2. The zero-order chi connectivity index (χ0) is 15.1. The second-order valence-corrected chi connectivity index (χ2v) is 5.07. The van der Waals surface area contributed by atoms with E-state index in [0.717, 1.165) is 5.56 Å². The zero-order valence-corrected chi connectivity index (χ0v) is 13.8. The topological polar surface area (TPSA) is 50.4 Å². The highest BCUT2D eigenvalue weighted by Crippen LogP contribution is 2.20. The number of carbonyl (C=O) groups is 1. The van der Waals surface area contributed by atoms with E-state index in [2.05, 4.69) is 41.0 Å². The molecule has 0 aliphatic carbocycles. The number of methoxy groups -OCH3 is 1. The number of rotatable bonds is 7. The summed E-state index contributed by atoms with van der Waals surface area (Å²) in [7, 11) is 1.64. The molecule has 22 heavy (non-hydrogen) atoms. The van der Waals surface area contributed by atoms with Crippen LogP contribution in [-0.2, 0) is 9.53 Å². The van der Waals surface area contributed by atoms with Crippen molar-refractivity contribution in [3.63, 3.8) is 0 Å². The number of amides is 1. The molecule has 5 heteroatoms. The van der Waals surface area contributed by atoms with Gasteiger partial charge in [0, 0.05) is 13.7 Å². The van der Waals surface area contributed by atoms with Gasteiger partial charge in [0.05, 0.1) is 19.2 Å². The van der Waals surface area contributed by atoms with Gasteiger partial charge in [-0.1, -0.05) is 36.4 Å². The van der Waals surface area contributed by atoms with Gasteiger partial charge in [0.15, 0.2) is 0 Å². The van der Waals surface area contributed by atoms with Crippen LogP contribution in [0.1, 0.15) is 18.5 Å². The van der Waals surface area contributed by atoms with Gasteiger partial charge in [0.2, 0.25) is 5.91 Å². The number of hydrogen-bond acceptors (Lipinski definition) is 3. The highest BCUT2D eigenvalue weighted by Gasteiger charge is 2.09. The summed E-state index contributed by atoms with van der Waals surface area (Å²) in [4.78, 5) is 11.8. The van der Waals surface area contributed by atoms with Crippen LogP contribution in [0.15, 0.2) is 42.5 Å². The van der Waals surface area contributed by atoms with Gasteiger partial charge in [-0.2, -0.15) is 0 Å². The van der Waals surface area contributed by atoms with Crippen LogP contribution in [0.3, 0.4) is 0 Å². The Kier molecular flexibility index (Phi) is 7.88. The van der Waals surface area contributed by atoms with Crippen LogP contribution in [-0.4, -0.2) is 32.7 Å². The van der Waals surface area contributed by atoms with Crippen LogP contribution in [0.25, 0.3) is 10.8 Å². The van der Waals surface area contributed by atoms with Crippen LogP contribution in [0.2, 0.25) is 0 Å². The van der Waals surface area contributed by atoms with Crippen molar-refractivity contribution in [3.8, 4) is 0 Å². The minimum absolute atomic E-state index is 0. The Morgan fingerprint density at radius 2 is 1.91 bits per heavy atom. The van der Waals surface area contributed by atoms with E-state index >= 15 is 0 Å². The summed E-state index contributed by atoms with van der Waals surface area (Å²) in [5, 5.41) is 8.43. The number of halogens is 1. The molecule has 0 aromatic heterocycles. The second kappa shape index (κ2) is 9.41. The normalized spacial score (nSPS) is 11.7. The summed E-state index contributed by atoms with van der Waals surface area (Å²) < 4.78 is 4.92. The molecular weight excluding hydrogens is 300 g/mol. The predicted octanol–water partition coefficient (Wildman–Crippen LogP) is 2.67. The Balaban J connectivity index is 0.00000242. The van der Waals surface area contributed by atoms with Gasteiger partial charge in [-0.3, -0.25) is 4.79 Å². The van der Waals surface area contributed by atoms with Gasteiger partial charge < -0.3 is 15.4 Å². The minimum Gasteiger partial charge on any atom is -0.383 e. The lowest BCUT2D eigenvalue weighted by Gasteiger charge is -2.15. The first kappa shape index (κ1) is 18.4. The number of fused-ring (bicyclic) bond motifs is 1. The summed E-state index contributed by atoms with van der Waals surface area (Å²) in [6, 6.07) is 14.5. The van der Waals surface area contributed by atoms with Gasteiger partial charge in [-0.15, -0.1) is 12.4 Å². The highest BCUT2D eigenvalue weighted by atomic mass is 35.5. The quantitative estimate of drug-likeness (QED) is 0.771. The van der Waals surface area contributed by atoms with E-state index in [0.29, 0.717) is 19.7 Å². The Morgan fingerprint density at radius 1 is 1.18 bits per heavy atom. The van der Waals surface area contributed by atoms with Crippen LogP contribution < -0.4 is 10.6 Å². The molecule has 0 aliphatic heterocycles. The minimum atomic E-state index is -0.00803. The molecule has 0 bridgehead atoms. The van der Waals surface area contributed by atoms with E-state index in [1.807, 2.05) is 19.1 Å². The Bertz CT molecular complexity index is 604. The lowest BCUT2D eigenvalue weighted by molar-refractivity contribution is -0.120. The van der Waals surface area contributed by atoms with Gasteiger partial charge >= 0.3 is 0 Å². The molecule has 2 aromatic rings. The fraction of sp³-hybridized carbons (Fsp3) is 0.353. The van der Waals surface area contributed by atoms with Gasteiger partial charge in [-0.25, -0.2) is 0 Å². The standard InChI is InChI=1S/C17H22N2O2.ClH/c1-13(19-17(20)12-18-9-10-21-2)15-8-7-14-5-3-4-6-16(14)11-15;/h3-8,11,13,18H,9-10,12H2,1-2H3,(H,19,20);1H. The molecule has 0 saturated heterocycles. The van der Waals surface area contributed by atoms with Crippen molar-refractivity contribution in [2.75, 3.05) is 26.8 Å². The molecule has 4 nitrogen and oxygen atoms in total. The van der Waals surface area contributed by atoms with Crippen LogP contribution in [0, 0.1) is 0 Å². The van der Waals surface area contributed by atoms with Crippen molar-refractivity contribution >= 4 is 29.1 Å². The van der Waals surface area contributed by atoms with Crippen molar-refractivity contribution in [3.05, 3.63) is 48.0 Å². The SMILES string of the molecule is COCCNCC(=O)NC(C)c1ccc2ccccc2c1.Cl. The molecule has 2 aromatic carbocycles. The zero-order valence-electron chi connectivity index (χ0n) is 13.0. The van der Waals surface area contributed by atoms with Crippen molar-refractivity contribution in [2.24, 2.45) is 0 Å². The molecule has 120 valence electrons. The third-order valence-corrected chi connectivity index (χ3v) is 3.42. The van der Waals surface area contributed by atoms with E-state index < -0.39 is 0 Å². The maximum Gasteiger partial charge on any atom is 0.234 e. The molecular formula is C17H23ClN2O2. The average Bonchev–Trinajstić information content (AvgIpc) is 2.51. The summed E-state index contributed by atoms with van der Waals surface area (Å²) in [6.07, 6.45) is 0. The molecule has 0 spiro atoms. The van der Waals surface area contributed by atoms with Crippen LogP contribution >= 0.6 is 12.4 Å². The molecule has 0 radical (unpaired) electrons. The molecule has 1 atom stereocenters. The monoisotopic (exact) mass is 322 g/mol. The van der Waals surface area contributed by atoms with E-state index in [1.165, 1.54) is 10.8 Å². The summed E-state index contributed by atoms with van der Waals surface area (Å²) in [6.45, 7) is 3.58. The Hall–Kier alpha value is -1.62. The van der Waals surface area contributed by atoms with Gasteiger partial charge in [0.25, 0.3) is 0 Å². The molecule has 0 saturated carbocycles. The fourth-order valence-electron chi connectivity index (χ4n) is 2.23. The van der Waals surface area contributed by atoms with Crippen molar-refractivity contribution in [1.82, 2.24) is 10.6 Å². The number of carbonyl (C=O) groups excluding carboxylic acids is 1. The van der Waals surface area contributed by atoms with Crippen molar-refractivity contribution in [1.29, 1.82) is 0 Å². The number of nitrogens with one attached hydrogen (secondary N) is 2. The molecule has 2 rings (SSSR count). The van der Waals surface area contributed by atoms with Crippen molar-refractivity contribution in [2.45, 2.75) is 13.0 Å². The van der Waals surface area contributed by atoms with E-state index in [4.69, 9.17) is 4.74 Å². The Labute approximate surface area is 137 Å². The smallest absolute Gasteiger partial charge is 0.234 e. The maximum absolute atomic E-state index is 11.8. The largest absolute Gasteiger partial charge is 0.383 e. The summed E-state index contributed by atoms with van der Waals surface area (Å²) >= 11 is 0. The lowest BCUT2D eigenvalue weighted by Crippen LogP contribution is -2.36. The first-order chi connectivity index (χ1) is 10.2. The summed E-state index contributed by atoms with van der Waals surface area (Å²) in [5.41, 5.74) is 1.11. The van der Waals surface area contributed by atoms with Gasteiger partial charge in [0.1, 0.15) is 0 Å². The second-order valence-electron chi connectivity index (χ2n) is 5.07. The average molecular weight is 323 g/mol. The summed E-state index contributed by atoms with van der Waals surface area (Å²) in [5.74, 6) is -0.00763. The Morgan fingerprint density at radius 3 is 2.64 bits per heavy atom. The van der Waals surface area contributed by atoms with Gasteiger partial charge in [-0.05, 0) is 29.3 Å². The molecule has 0 fully saturated rings. The van der Waals surface area contributed by atoms with E-state index in [-0.39, 0.29) is 24.4 Å². The number of benzene rings is 2. The molecule has 0 heterocycles. The van der Waals surface area contributed by atoms with Crippen LogP contribution in [0.5, 0.6) is 0 Å². The first-order valence-corrected chi connectivity index (χ1v) is 7.18. The third-order valence-electron chi connectivity index (χ3n) is 3.42. The van der Waals surface area contributed by atoms with E-state index in [1.54, 1.807) is 7.11 Å². The molecule has 1 unspecified atom stereocenters. The third kappa shape index (κ3) is 5.30. The lowest BCUT2D eigenvalue weighted by atomic mass is 10.0. The predicted molar refractivity (Wildman–Crippen MR) is 92.5 cm³/mol. The van der Waals surface area contributed by atoms with Crippen LogP contribution in [0.4, 0.5) is 0 Å².